The van der Waals surface area contributed by atoms with Crippen LogP contribution >= 0.6 is 0 Å². The first-order valence-corrected chi connectivity index (χ1v) is 7.25. The monoisotopic (exact) mass is 295 g/mol. The summed E-state index contributed by atoms with van der Waals surface area (Å²) < 4.78 is 18.4. The molecule has 116 valence electrons. The molecule has 1 aliphatic heterocycles. The van der Waals surface area contributed by atoms with Gasteiger partial charge in [-0.3, -0.25) is 4.90 Å². The van der Waals surface area contributed by atoms with E-state index in [2.05, 4.69) is 4.90 Å². The zero-order valence-electron chi connectivity index (χ0n) is 12.3. The number of ether oxygens (including phenoxy) is 1. The van der Waals surface area contributed by atoms with Crippen LogP contribution < -0.4 is 5.73 Å². The first-order chi connectivity index (χ1) is 10.1. The number of hydrogen-bond donors (Lipinski definition) is 1. The van der Waals surface area contributed by atoms with Crippen LogP contribution in [0.4, 0.5) is 9.18 Å². The zero-order chi connectivity index (χ0) is 15.2. The van der Waals surface area contributed by atoms with Gasteiger partial charge in [0.15, 0.2) is 0 Å². The molecule has 21 heavy (non-hydrogen) atoms. The van der Waals surface area contributed by atoms with Crippen molar-refractivity contribution >= 4 is 6.09 Å². The van der Waals surface area contributed by atoms with E-state index in [0.29, 0.717) is 32.8 Å². The zero-order valence-corrected chi connectivity index (χ0v) is 12.3. The molecule has 1 heterocycles. The molecule has 1 aromatic carbocycles. The average molecular weight is 295 g/mol. The lowest BCUT2D eigenvalue weighted by atomic mass is 10.1. The van der Waals surface area contributed by atoms with Crippen molar-refractivity contribution in [2.45, 2.75) is 20.0 Å². The number of carbonyl (C=O) groups excluding carboxylic acids is 1. The number of carbonyl (C=O) groups is 1. The van der Waals surface area contributed by atoms with E-state index in [1.54, 1.807) is 24.0 Å². The molecule has 0 aromatic heterocycles. The second-order valence-electron chi connectivity index (χ2n) is 5.08. The highest BCUT2D eigenvalue weighted by atomic mass is 19.1. The summed E-state index contributed by atoms with van der Waals surface area (Å²) in [5.74, 6) is -0.243. The summed E-state index contributed by atoms with van der Waals surface area (Å²) >= 11 is 0. The van der Waals surface area contributed by atoms with Gasteiger partial charge in [0, 0.05) is 39.3 Å². The highest BCUT2D eigenvalue weighted by molar-refractivity contribution is 5.67. The molecule has 1 aromatic rings. The molecule has 6 heteroatoms. The average Bonchev–Trinajstić information content (AvgIpc) is 2.48. The van der Waals surface area contributed by atoms with Crippen LogP contribution in [-0.2, 0) is 17.8 Å². The second-order valence-corrected chi connectivity index (χ2v) is 5.08. The van der Waals surface area contributed by atoms with Gasteiger partial charge in [-0.2, -0.15) is 0 Å². The lowest BCUT2D eigenvalue weighted by Gasteiger charge is -2.34. The molecule has 1 fully saturated rings. The third-order valence-corrected chi connectivity index (χ3v) is 3.68. The largest absolute Gasteiger partial charge is 0.450 e. The first kappa shape index (κ1) is 15.7. The van der Waals surface area contributed by atoms with Crippen molar-refractivity contribution in [3.05, 3.63) is 35.1 Å². The van der Waals surface area contributed by atoms with Crippen molar-refractivity contribution in [2.24, 2.45) is 5.73 Å². The van der Waals surface area contributed by atoms with Gasteiger partial charge in [-0.15, -0.1) is 0 Å². The Morgan fingerprint density at radius 3 is 2.62 bits per heavy atom. The highest BCUT2D eigenvalue weighted by Gasteiger charge is 2.22. The summed E-state index contributed by atoms with van der Waals surface area (Å²) in [5.41, 5.74) is 7.57. The minimum absolute atomic E-state index is 0.243. The summed E-state index contributed by atoms with van der Waals surface area (Å²) in [6.07, 6.45) is -0.259. The summed E-state index contributed by atoms with van der Waals surface area (Å²) in [6, 6.07) is 4.71. The second kappa shape index (κ2) is 7.38. The molecule has 5 nitrogen and oxygen atoms in total. The number of amides is 1. The smallest absolute Gasteiger partial charge is 0.409 e. The predicted octanol–water partition coefficient (Wildman–Crippen LogP) is 1.56. The first-order valence-electron chi connectivity index (χ1n) is 7.25. The van der Waals surface area contributed by atoms with Crippen LogP contribution in [0.1, 0.15) is 18.1 Å². The van der Waals surface area contributed by atoms with Crippen molar-refractivity contribution in [2.75, 3.05) is 32.8 Å². The molecule has 2 rings (SSSR count). The lowest BCUT2D eigenvalue weighted by Crippen LogP contribution is -2.48. The van der Waals surface area contributed by atoms with E-state index in [0.717, 1.165) is 24.2 Å². The van der Waals surface area contributed by atoms with E-state index in [9.17, 15) is 9.18 Å². The van der Waals surface area contributed by atoms with Gasteiger partial charge in [-0.1, -0.05) is 6.07 Å². The molecule has 2 N–H and O–H groups in total. The Labute approximate surface area is 124 Å². The molecule has 0 aliphatic carbocycles. The van der Waals surface area contributed by atoms with Gasteiger partial charge in [0.2, 0.25) is 0 Å². The van der Waals surface area contributed by atoms with Crippen LogP contribution in [0.25, 0.3) is 0 Å². The molecule has 0 atom stereocenters. The molecule has 1 aliphatic rings. The van der Waals surface area contributed by atoms with E-state index >= 15 is 0 Å². The summed E-state index contributed by atoms with van der Waals surface area (Å²) in [6.45, 7) is 6.00. The molecule has 1 saturated heterocycles. The third-order valence-electron chi connectivity index (χ3n) is 3.68. The van der Waals surface area contributed by atoms with E-state index in [1.807, 2.05) is 0 Å². The molecular weight excluding hydrogens is 273 g/mol. The number of piperazine rings is 1. The van der Waals surface area contributed by atoms with E-state index in [-0.39, 0.29) is 11.9 Å². The van der Waals surface area contributed by atoms with E-state index < -0.39 is 0 Å². The number of halogens is 1. The lowest BCUT2D eigenvalue weighted by molar-refractivity contribution is 0.0777. The van der Waals surface area contributed by atoms with Gasteiger partial charge < -0.3 is 15.4 Å². The Balaban J connectivity index is 1.92. The Morgan fingerprint density at radius 1 is 1.29 bits per heavy atom. The Bertz CT molecular complexity index is 488. The fraction of sp³-hybridized carbons (Fsp3) is 0.533. The van der Waals surface area contributed by atoms with Crippen LogP contribution in [-0.4, -0.2) is 48.7 Å². The molecule has 0 saturated carbocycles. The molecule has 1 amide bonds. The van der Waals surface area contributed by atoms with Gasteiger partial charge in [0.1, 0.15) is 5.82 Å². The van der Waals surface area contributed by atoms with Crippen LogP contribution in [0.2, 0.25) is 0 Å². The number of nitrogens with two attached hydrogens (primary N) is 1. The van der Waals surface area contributed by atoms with Gasteiger partial charge in [0.05, 0.1) is 6.61 Å². The number of rotatable bonds is 4. The van der Waals surface area contributed by atoms with Gasteiger partial charge in [-0.05, 0) is 30.2 Å². The highest BCUT2D eigenvalue weighted by Crippen LogP contribution is 2.15. The van der Waals surface area contributed by atoms with Gasteiger partial charge >= 0.3 is 6.09 Å². The van der Waals surface area contributed by atoms with Gasteiger partial charge in [0.25, 0.3) is 0 Å². The Kier molecular flexibility index (Phi) is 5.52. The Morgan fingerprint density at radius 2 is 2.00 bits per heavy atom. The number of nitrogens with zero attached hydrogens (tertiary/aromatic N) is 2. The number of benzene rings is 1. The van der Waals surface area contributed by atoms with E-state index in [1.165, 1.54) is 6.07 Å². The standard InChI is InChI=1S/C15H22FN3O2/c1-2-21-15(20)19-7-5-18(6-8-19)11-13-9-14(16)4-3-12(13)10-17/h3-4,9H,2,5-8,10-11,17H2,1H3. The van der Waals surface area contributed by atoms with Crippen LogP contribution in [0, 0.1) is 5.82 Å². The quantitative estimate of drug-likeness (QED) is 0.916. The third kappa shape index (κ3) is 4.15. The number of hydrogen-bond acceptors (Lipinski definition) is 4. The Hall–Kier alpha value is -1.66. The molecule has 0 bridgehead atoms. The topological polar surface area (TPSA) is 58.8 Å². The molecule has 0 radical (unpaired) electrons. The van der Waals surface area contributed by atoms with Gasteiger partial charge in [-0.25, -0.2) is 9.18 Å². The molecular formula is C15H22FN3O2. The normalized spacial score (nSPS) is 16.0. The van der Waals surface area contributed by atoms with E-state index in [4.69, 9.17) is 10.5 Å². The maximum atomic E-state index is 13.4. The fourth-order valence-electron chi connectivity index (χ4n) is 2.49. The van der Waals surface area contributed by atoms with Crippen LogP contribution in [0.15, 0.2) is 18.2 Å². The minimum Gasteiger partial charge on any atom is -0.450 e. The SMILES string of the molecule is CCOC(=O)N1CCN(Cc2cc(F)ccc2CN)CC1. The summed E-state index contributed by atoms with van der Waals surface area (Å²) in [4.78, 5) is 15.5. The van der Waals surface area contributed by atoms with Crippen molar-refractivity contribution in [1.29, 1.82) is 0 Å². The molecule has 0 spiro atoms. The summed E-state index contributed by atoms with van der Waals surface area (Å²) in [7, 11) is 0. The minimum atomic E-state index is -0.259. The summed E-state index contributed by atoms with van der Waals surface area (Å²) in [5, 5.41) is 0. The molecule has 0 unspecified atom stereocenters. The van der Waals surface area contributed by atoms with Crippen molar-refractivity contribution in [1.82, 2.24) is 9.80 Å². The fourth-order valence-corrected chi connectivity index (χ4v) is 2.49. The van der Waals surface area contributed by atoms with Crippen LogP contribution in [0.5, 0.6) is 0 Å². The maximum absolute atomic E-state index is 13.4. The van der Waals surface area contributed by atoms with Crippen molar-refractivity contribution < 1.29 is 13.9 Å². The predicted molar refractivity (Wildman–Crippen MR) is 78.2 cm³/mol. The van der Waals surface area contributed by atoms with Crippen molar-refractivity contribution in [3.63, 3.8) is 0 Å². The van der Waals surface area contributed by atoms with Crippen LogP contribution in [0.3, 0.4) is 0 Å². The van der Waals surface area contributed by atoms with Crippen molar-refractivity contribution in [3.8, 4) is 0 Å². The maximum Gasteiger partial charge on any atom is 0.409 e.